The van der Waals surface area contributed by atoms with Crippen LogP contribution in [0.2, 0.25) is 0 Å². The third-order valence-electron chi connectivity index (χ3n) is 2.66. The lowest BCUT2D eigenvalue weighted by Crippen LogP contribution is -2.46. The SMILES string of the molecule is CC(O)CCN(C)C(=O)NC1CCC1. The Morgan fingerprint density at radius 3 is 2.71 bits per heavy atom. The van der Waals surface area contributed by atoms with E-state index >= 15 is 0 Å². The number of urea groups is 1. The van der Waals surface area contributed by atoms with Crippen molar-refractivity contribution in [3.8, 4) is 0 Å². The average Bonchev–Trinajstić information content (AvgIpc) is 2.06. The van der Waals surface area contributed by atoms with Crippen LogP contribution in [0.3, 0.4) is 0 Å². The fourth-order valence-corrected chi connectivity index (χ4v) is 1.32. The van der Waals surface area contributed by atoms with E-state index in [2.05, 4.69) is 5.32 Å². The number of hydrogen-bond acceptors (Lipinski definition) is 2. The van der Waals surface area contributed by atoms with Gasteiger partial charge >= 0.3 is 6.03 Å². The maximum atomic E-state index is 11.5. The van der Waals surface area contributed by atoms with Crippen LogP contribution in [0, 0.1) is 0 Å². The lowest BCUT2D eigenvalue weighted by Gasteiger charge is -2.29. The average molecular weight is 200 g/mol. The molecule has 0 aliphatic heterocycles. The highest BCUT2D eigenvalue weighted by molar-refractivity contribution is 5.74. The highest BCUT2D eigenvalue weighted by Gasteiger charge is 2.20. The van der Waals surface area contributed by atoms with Crippen LogP contribution < -0.4 is 5.32 Å². The fraction of sp³-hybridized carbons (Fsp3) is 0.900. The number of carbonyl (C=O) groups is 1. The molecule has 0 aromatic rings. The van der Waals surface area contributed by atoms with Gasteiger partial charge < -0.3 is 15.3 Å². The zero-order chi connectivity index (χ0) is 10.6. The van der Waals surface area contributed by atoms with E-state index in [1.807, 2.05) is 0 Å². The summed E-state index contributed by atoms with van der Waals surface area (Å²) < 4.78 is 0. The lowest BCUT2D eigenvalue weighted by molar-refractivity contribution is 0.160. The van der Waals surface area contributed by atoms with Crippen LogP contribution in [0.5, 0.6) is 0 Å². The maximum absolute atomic E-state index is 11.5. The van der Waals surface area contributed by atoms with Gasteiger partial charge in [0.15, 0.2) is 0 Å². The minimum absolute atomic E-state index is 0.0182. The van der Waals surface area contributed by atoms with Gasteiger partial charge in [-0.1, -0.05) is 0 Å². The number of hydrogen-bond donors (Lipinski definition) is 2. The quantitative estimate of drug-likeness (QED) is 0.710. The van der Waals surface area contributed by atoms with E-state index < -0.39 is 0 Å². The van der Waals surface area contributed by atoms with Gasteiger partial charge in [0, 0.05) is 19.6 Å². The zero-order valence-electron chi connectivity index (χ0n) is 8.99. The van der Waals surface area contributed by atoms with Crippen LogP contribution in [-0.4, -0.2) is 41.8 Å². The number of nitrogens with zero attached hydrogens (tertiary/aromatic N) is 1. The molecule has 0 heterocycles. The van der Waals surface area contributed by atoms with E-state index in [1.54, 1.807) is 18.9 Å². The second kappa shape index (κ2) is 5.20. The molecular weight excluding hydrogens is 180 g/mol. The third kappa shape index (κ3) is 3.54. The number of nitrogens with one attached hydrogen (secondary N) is 1. The summed E-state index contributed by atoms with van der Waals surface area (Å²) in [5.41, 5.74) is 0. The molecule has 2 amide bonds. The maximum Gasteiger partial charge on any atom is 0.317 e. The summed E-state index contributed by atoms with van der Waals surface area (Å²) in [5, 5.41) is 12.0. The van der Waals surface area contributed by atoms with Crippen molar-refractivity contribution in [3.63, 3.8) is 0 Å². The van der Waals surface area contributed by atoms with Crippen LogP contribution in [0.15, 0.2) is 0 Å². The number of carbonyl (C=O) groups excluding carboxylic acids is 1. The van der Waals surface area contributed by atoms with Crippen molar-refractivity contribution in [2.75, 3.05) is 13.6 Å². The summed E-state index contributed by atoms with van der Waals surface area (Å²) in [6.07, 6.45) is 3.73. The minimum atomic E-state index is -0.339. The summed E-state index contributed by atoms with van der Waals surface area (Å²) >= 11 is 0. The minimum Gasteiger partial charge on any atom is -0.393 e. The highest BCUT2D eigenvalue weighted by atomic mass is 16.3. The van der Waals surface area contributed by atoms with Crippen molar-refractivity contribution in [2.45, 2.75) is 44.8 Å². The predicted molar refractivity (Wildman–Crippen MR) is 55.1 cm³/mol. The molecule has 1 rings (SSSR count). The molecule has 4 nitrogen and oxygen atoms in total. The van der Waals surface area contributed by atoms with Crippen LogP contribution in [-0.2, 0) is 0 Å². The Morgan fingerprint density at radius 2 is 2.29 bits per heavy atom. The first-order valence-electron chi connectivity index (χ1n) is 5.29. The zero-order valence-corrected chi connectivity index (χ0v) is 8.99. The topological polar surface area (TPSA) is 52.6 Å². The second-order valence-electron chi connectivity index (χ2n) is 4.14. The Kier molecular flexibility index (Phi) is 4.20. The Balaban J connectivity index is 2.14. The number of aliphatic hydroxyl groups excluding tert-OH is 1. The van der Waals surface area contributed by atoms with Crippen molar-refractivity contribution in [2.24, 2.45) is 0 Å². The summed E-state index contributed by atoms with van der Waals surface area (Å²) in [6.45, 7) is 2.34. The number of rotatable bonds is 4. The summed E-state index contributed by atoms with van der Waals surface area (Å²) in [5.74, 6) is 0. The van der Waals surface area contributed by atoms with Crippen molar-refractivity contribution >= 4 is 6.03 Å². The molecule has 14 heavy (non-hydrogen) atoms. The third-order valence-corrected chi connectivity index (χ3v) is 2.66. The van der Waals surface area contributed by atoms with Gasteiger partial charge in [-0.05, 0) is 32.6 Å². The summed E-state index contributed by atoms with van der Waals surface area (Å²) in [6, 6.07) is 0.367. The van der Waals surface area contributed by atoms with Gasteiger partial charge in [-0.2, -0.15) is 0 Å². The van der Waals surface area contributed by atoms with Crippen LogP contribution >= 0.6 is 0 Å². The first-order chi connectivity index (χ1) is 6.59. The Morgan fingerprint density at radius 1 is 1.64 bits per heavy atom. The second-order valence-corrected chi connectivity index (χ2v) is 4.14. The number of aliphatic hydroxyl groups is 1. The van der Waals surface area contributed by atoms with Crippen molar-refractivity contribution < 1.29 is 9.90 Å². The Hall–Kier alpha value is -0.770. The van der Waals surface area contributed by atoms with E-state index in [9.17, 15) is 4.79 Å². The van der Waals surface area contributed by atoms with Crippen molar-refractivity contribution in [1.29, 1.82) is 0 Å². The first kappa shape index (κ1) is 11.3. The fourth-order valence-electron chi connectivity index (χ4n) is 1.32. The summed E-state index contributed by atoms with van der Waals surface area (Å²) in [7, 11) is 1.76. The van der Waals surface area contributed by atoms with Gasteiger partial charge in [0.1, 0.15) is 0 Å². The summed E-state index contributed by atoms with van der Waals surface area (Å²) in [4.78, 5) is 13.1. The normalized spacial score (nSPS) is 18.5. The predicted octanol–water partition coefficient (Wildman–Crippen LogP) is 0.951. The molecule has 0 aromatic heterocycles. The molecule has 0 aromatic carbocycles. The van der Waals surface area contributed by atoms with E-state index in [1.165, 1.54) is 6.42 Å². The van der Waals surface area contributed by atoms with Gasteiger partial charge in [-0.3, -0.25) is 0 Å². The molecule has 1 saturated carbocycles. The molecule has 0 radical (unpaired) electrons. The molecule has 2 N–H and O–H groups in total. The van der Waals surface area contributed by atoms with E-state index in [0.29, 0.717) is 19.0 Å². The lowest BCUT2D eigenvalue weighted by atomic mass is 9.93. The highest BCUT2D eigenvalue weighted by Crippen LogP contribution is 2.18. The van der Waals surface area contributed by atoms with E-state index in [-0.39, 0.29) is 12.1 Å². The van der Waals surface area contributed by atoms with Crippen LogP contribution in [0.1, 0.15) is 32.6 Å². The van der Waals surface area contributed by atoms with Gasteiger partial charge in [-0.25, -0.2) is 4.79 Å². The Bertz CT molecular complexity index is 191. The number of amides is 2. The van der Waals surface area contributed by atoms with E-state index in [4.69, 9.17) is 5.11 Å². The van der Waals surface area contributed by atoms with Crippen LogP contribution in [0.4, 0.5) is 4.79 Å². The molecule has 0 spiro atoms. The molecule has 82 valence electrons. The first-order valence-corrected chi connectivity index (χ1v) is 5.29. The van der Waals surface area contributed by atoms with Gasteiger partial charge in [0.05, 0.1) is 6.10 Å². The molecule has 1 atom stereocenters. The largest absolute Gasteiger partial charge is 0.393 e. The van der Waals surface area contributed by atoms with E-state index in [0.717, 1.165) is 12.8 Å². The molecule has 1 aliphatic rings. The van der Waals surface area contributed by atoms with Gasteiger partial charge in [-0.15, -0.1) is 0 Å². The van der Waals surface area contributed by atoms with Gasteiger partial charge in [0.25, 0.3) is 0 Å². The molecule has 1 unspecified atom stereocenters. The smallest absolute Gasteiger partial charge is 0.317 e. The molecular formula is C10H20N2O2. The van der Waals surface area contributed by atoms with Crippen molar-refractivity contribution in [1.82, 2.24) is 10.2 Å². The molecule has 1 fully saturated rings. The van der Waals surface area contributed by atoms with Gasteiger partial charge in [0.2, 0.25) is 0 Å². The molecule has 0 saturated heterocycles. The van der Waals surface area contributed by atoms with Crippen molar-refractivity contribution in [3.05, 3.63) is 0 Å². The monoisotopic (exact) mass is 200 g/mol. The molecule has 1 aliphatic carbocycles. The standard InChI is InChI=1S/C10H20N2O2/c1-8(13)6-7-12(2)10(14)11-9-4-3-5-9/h8-9,13H,3-7H2,1-2H3,(H,11,14). The van der Waals surface area contributed by atoms with Crippen LogP contribution in [0.25, 0.3) is 0 Å². The molecule has 4 heteroatoms. The Labute approximate surface area is 85.3 Å². The molecule has 0 bridgehead atoms.